The van der Waals surface area contributed by atoms with Crippen molar-refractivity contribution in [2.75, 3.05) is 7.11 Å². The molecule has 0 aromatic carbocycles. The number of hydrogen-bond donors (Lipinski definition) is 1. The van der Waals surface area contributed by atoms with Crippen LogP contribution < -0.4 is 9.67 Å². The summed E-state index contributed by atoms with van der Waals surface area (Å²) in [6, 6.07) is 0. The average Bonchev–Trinajstić information content (AvgIpc) is 2.41. The van der Waals surface area contributed by atoms with E-state index >= 15 is 0 Å². The largest absolute Gasteiger partial charge is 0.553 e. The van der Waals surface area contributed by atoms with Gasteiger partial charge in [0.15, 0.2) is 0 Å². The molecule has 5 heteroatoms. The van der Waals surface area contributed by atoms with E-state index in [-0.39, 0.29) is 0 Å². The molecule has 0 unspecified atom stereocenters. The van der Waals surface area contributed by atoms with E-state index < -0.39 is 6.16 Å². The summed E-state index contributed by atoms with van der Waals surface area (Å²) in [7, 11) is 3.01. The second-order valence-corrected chi connectivity index (χ2v) is 1.73. The third kappa shape index (κ3) is 6.36. The molecular formula is C6H10N2O3. The number of methoxy groups -OCH3 is 1. The lowest BCUT2D eigenvalue weighted by atomic mass is 10.9. The molecule has 0 aliphatic carbocycles. The number of ether oxygens (including phenoxy) is 1. The Kier molecular flexibility index (Phi) is 4.55. The Labute approximate surface area is 64.2 Å². The molecule has 0 saturated carbocycles. The second kappa shape index (κ2) is 5.28. The van der Waals surface area contributed by atoms with Crippen LogP contribution in [0.15, 0.2) is 18.7 Å². The lowest BCUT2D eigenvalue weighted by molar-refractivity contribution is -0.670. The first-order chi connectivity index (χ1) is 5.16. The number of carbonyl (C=O) groups is 1. The fourth-order valence-corrected chi connectivity index (χ4v) is 0.364. The van der Waals surface area contributed by atoms with Crippen molar-refractivity contribution in [3.8, 4) is 0 Å². The maximum Gasteiger partial charge on any atom is 0.251 e. The van der Waals surface area contributed by atoms with Gasteiger partial charge in [0, 0.05) is 7.11 Å². The zero-order chi connectivity index (χ0) is 8.69. The minimum absolute atomic E-state index is 1.04. The van der Waals surface area contributed by atoms with Gasteiger partial charge in [-0.25, -0.2) is 4.57 Å². The van der Waals surface area contributed by atoms with Crippen LogP contribution in [0.1, 0.15) is 0 Å². The second-order valence-electron chi connectivity index (χ2n) is 1.73. The van der Waals surface area contributed by atoms with Gasteiger partial charge in [-0.15, -0.1) is 0 Å². The predicted molar refractivity (Wildman–Crippen MR) is 34.4 cm³/mol. The number of H-pyrrole nitrogens is 1. The first kappa shape index (κ1) is 9.48. The van der Waals surface area contributed by atoms with Gasteiger partial charge in [0.2, 0.25) is 6.33 Å². The van der Waals surface area contributed by atoms with E-state index in [2.05, 4.69) is 9.72 Å². The number of carbonyl (C=O) groups excluding carboxylic acids is 1. The molecule has 0 radical (unpaired) electrons. The number of aromatic amines is 1. The number of hydrogen-bond acceptors (Lipinski definition) is 3. The number of carboxylic acid groups (broad SMARTS) is 1. The van der Waals surface area contributed by atoms with Crippen molar-refractivity contribution in [3.63, 3.8) is 0 Å². The molecule has 1 N–H and O–H groups in total. The van der Waals surface area contributed by atoms with E-state index in [9.17, 15) is 0 Å². The normalized spacial score (nSPS) is 7.82. The van der Waals surface area contributed by atoms with Crippen LogP contribution in [-0.2, 0) is 11.8 Å². The molecule has 0 spiro atoms. The van der Waals surface area contributed by atoms with E-state index in [1.807, 2.05) is 30.3 Å². The molecule has 62 valence electrons. The van der Waals surface area contributed by atoms with Gasteiger partial charge >= 0.3 is 0 Å². The summed E-state index contributed by atoms with van der Waals surface area (Å²) in [4.78, 5) is 11.9. The standard InChI is InChI=1S/C4H6N2.C2H4O3/c1-6-3-2-5-4-6;1-5-2(3)4/h2-4H,1H3;1H3,(H,3,4). The fraction of sp³-hybridized carbons (Fsp3) is 0.333. The van der Waals surface area contributed by atoms with E-state index in [1.165, 1.54) is 0 Å². The van der Waals surface area contributed by atoms with Crippen molar-refractivity contribution < 1.29 is 19.2 Å². The summed E-state index contributed by atoms with van der Waals surface area (Å²) in [5.41, 5.74) is 0. The lowest BCUT2D eigenvalue weighted by Gasteiger charge is -1.92. The Balaban J connectivity index is 0.000000187. The van der Waals surface area contributed by atoms with Crippen molar-refractivity contribution in [2.24, 2.45) is 7.05 Å². The maximum absolute atomic E-state index is 9.03. The smallest absolute Gasteiger partial charge is 0.251 e. The monoisotopic (exact) mass is 158 g/mol. The summed E-state index contributed by atoms with van der Waals surface area (Å²) in [6.07, 6.45) is 4.20. The highest BCUT2D eigenvalue weighted by Crippen LogP contribution is 1.59. The molecule has 0 amide bonds. The predicted octanol–water partition coefficient (Wildman–Crippen LogP) is -1.18. The fourth-order valence-electron chi connectivity index (χ4n) is 0.364. The van der Waals surface area contributed by atoms with Gasteiger partial charge in [-0.1, -0.05) is 0 Å². The van der Waals surface area contributed by atoms with E-state index in [0.29, 0.717) is 0 Å². The Bertz CT molecular complexity index is 196. The van der Waals surface area contributed by atoms with Gasteiger partial charge in [-0.3, -0.25) is 4.98 Å². The zero-order valence-electron chi connectivity index (χ0n) is 6.40. The molecule has 11 heavy (non-hydrogen) atoms. The highest BCUT2D eigenvalue weighted by molar-refractivity contribution is 5.53. The van der Waals surface area contributed by atoms with Crippen LogP contribution >= 0.6 is 0 Å². The molecule has 1 aromatic heterocycles. The molecule has 1 rings (SSSR count). The molecule has 0 aliphatic heterocycles. The Hall–Kier alpha value is -1.52. The van der Waals surface area contributed by atoms with Crippen molar-refractivity contribution in [1.82, 2.24) is 4.98 Å². The minimum atomic E-state index is -1.50. The summed E-state index contributed by atoms with van der Waals surface area (Å²) >= 11 is 0. The third-order valence-electron chi connectivity index (χ3n) is 0.851. The van der Waals surface area contributed by atoms with E-state index in [4.69, 9.17) is 9.90 Å². The summed E-state index contributed by atoms with van der Waals surface area (Å²) in [6.45, 7) is 0. The molecule has 5 nitrogen and oxygen atoms in total. The van der Waals surface area contributed by atoms with Crippen molar-refractivity contribution in [2.45, 2.75) is 0 Å². The van der Waals surface area contributed by atoms with Gasteiger partial charge < -0.3 is 14.6 Å². The Morgan fingerprint density at radius 2 is 2.27 bits per heavy atom. The quantitative estimate of drug-likeness (QED) is 0.381. The van der Waals surface area contributed by atoms with Crippen molar-refractivity contribution in [3.05, 3.63) is 18.7 Å². The molecule has 1 aromatic rings. The Morgan fingerprint density at radius 3 is 2.36 bits per heavy atom. The van der Waals surface area contributed by atoms with Crippen LogP contribution in [0.2, 0.25) is 0 Å². The lowest BCUT2D eigenvalue weighted by Crippen LogP contribution is -2.22. The highest BCUT2D eigenvalue weighted by Gasteiger charge is 1.78. The van der Waals surface area contributed by atoms with Crippen LogP contribution in [-0.4, -0.2) is 18.2 Å². The van der Waals surface area contributed by atoms with Gasteiger partial charge in [-0.2, -0.15) is 0 Å². The van der Waals surface area contributed by atoms with E-state index in [0.717, 1.165) is 7.11 Å². The SMILES string of the molecule is COC(=O)[O-].C[n+]1cc[nH]c1. The van der Waals surface area contributed by atoms with Crippen molar-refractivity contribution in [1.29, 1.82) is 0 Å². The number of aryl methyl sites for hydroxylation is 1. The van der Waals surface area contributed by atoms with Gasteiger partial charge in [0.05, 0.1) is 7.05 Å². The number of aromatic nitrogens is 2. The van der Waals surface area contributed by atoms with E-state index in [1.54, 1.807) is 0 Å². The summed E-state index contributed by atoms with van der Waals surface area (Å²) < 4.78 is 5.50. The van der Waals surface area contributed by atoms with Crippen LogP contribution in [0.5, 0.6) is 0 Å². The molecule has 0 fully saturated rings. The van der Waals surface area contributed by atoms with Gasteiger partial charge in [0.25, 0.3) is 6.16 Å². The average molecular weight is 158 g/mol. The third-order valence-corrected chi connectivity index (χ3v) is 0.851. The summed E-state index contributed by atoms with van der Waals surface area (Å²) in [5.74, 6) is 0. The number of nitrogens with zero attached hydrogens (tertiary/aromatic N) is 1. The van der Waals surface area contributed by atoms with Crippen LogP contribution in [0.4, 0.5) is 4.79 Å². The number of rotatable bonds is 0. The first-order valence-corrected chi connectivity index (χ1v) is 2.89. The number of imidazole rings is 1. The first-order valence-electron chi connectivity index (χ1n) is 2.89. The van der Waals surface area contributed by atoms with Gasteiger partial charge in [0.1, 0.15) is 12.4 Å². The van der Waals surface area contributed by atoms with Crippen molar-refractivity contribution >= 4 is 6.16 Å². The molecule has 0 aliphatic rings. The summed E-state index contributed by atoms with van der Waals surface area (Å²) in [5, 5.41) is 9.03. The van der Waals surface area contributed by atoms with Crippen LogP contribution in [0.3, 0.4) is 0 Å². The van der Waals surface area contributed by atoms with Gasteiger partial charge in [-0.05, 0) is 0 Å². The number of nitrogens with one attached hydrogen (secondary N) is 1. The minimum Gasteiger partial charge on any atom is -0.553 e. The zero-order valence-corrected chi connectivity index (χ0v) is 6.40. The molecular weight excluding hydrogens is 148 g/mol. The molecule has 0 bridgehead atoms. The highest BCUT2D eigenvalue weighted by atomic mass is 16.6. The molecule has 0 atom stereocenters. The Morgan fingerprint density at radius 1 is 1.73 bits per heavy atom. The molecule has 0 saturated heterocycles. The van der Waals surface area contributed by atoms with Crippen LogP contribution in [0.25, 0.3) is 0 Å². The van der Waals surface area contributed by atoms with Crippen LogP contribution in [0, 0.1) is 0 Å². The maximum atomic E-state index is 9.03. The molecule has 1 heterocycles. The topological polar surface area (TPSA) is 69.0 Å².